The minimum Gasteiger partial charge on any atom is -0.334 e. The second kappa shape index (κ2) is 9.09. The van der Waals surface area contributed by atoms with Crippen LogP contribution in [-0.4, -0.2) is 47.1 Å². The third-order valence-electron chi connectivity index (χ3n) is 6.23. The Hall–Kier alpha value is -3.82. The summed E-state index contributed by atoms with van der Waals surface area (Å²) in [4.78, 5) is 34.0. The summed E-state index contributed by atoms with van der Waals surface area (Å²) in [7, 11) is -2.08. The Labute approximate surface area is 202 Å². The number of carbonyl (C=O) groups excluding carboxylic acids is 1. The second-order valence-corrected chi connectivity index (χ2v) is 10.5. The van der Waals surface area contributed by atoms with Gasteiger partial charge in [-0.25, -0.2) is 13.4 Å². The van der Waals surface area contributed by atoms with Crippen LogP contribution in [0.2, 0.25) is 0 Å². The molecule has 2 heterocycles. The highest BCUT2D eigenvalue weighted by molar-refractivity contribution is 7.89. The summed E-state index contributed by atoms with van der Waals surface area (Å²) in [6.45, 7) is 0.852. The molecular weight excluding hydrogens is 464 g/mol. The van der Waals surface area contributed by atoms with Crippen LogP contribution in [0, 0.1) is 0 Å². The quantitative estimate of drug-likeness (QED) is 0.465. The zero-order valence-electron chi connectivity index (χ0n) is 19.1. The van der Waals surface area contributed by atoms with E-state index in [4.69, 9.17) is 0 Å². The first-order chi connectivity index (χ1) is 16.8. The highest BCUT2D eigenvalue weighted by atomic mass is 32.2. The van der Waals surface area contributed by atoms with E-state index in [0.717, 1.165) is 5.56 Å². The molecule has 1 aliphatic rings. The van der Waals surface area contributed by atoms with Crippen molar-refractivity contribution >= 4 is 26.8 Å². The average molecular weight is 489 g/mol. The van der Waals surface area contributed by atoms with Crippen molar-refractivity contribution in [1.29, 1.82) is 0 Å². The van der Waals surface area contributed by atoms with Gasteiger partial charge in [0.25, 0.3) is 11.5 Å². The Kier molecular flexibility index (Phi) is 5.96. The van der Waals surface area contributed by atoms with E-state index in [1.165, 1.54) is 39.0 Å². The predicted octanol–water partition coefficient (Wildman–Crippen LogP) is 2.94. The molecule has 1 aliphatic heterocycles. The average Bonchev–Trinajstić information content (AvgIpc) is 2.88. The van der Waals surface area contributed by atoms with Gasteiger partial charge in [-0.2, -0.15) is 4.31 Å². The van der Waals surface area contributed by atoms with Gasteiger partial charge in [0.05, 0.1) is 22.3 Å². The number of nitrogens with zero attached hydrogens (tertiary/aromatic N) is 3. The molecule has 178 valence electrons. The molecule has 4 aromatic rings. The number of fused-ring (bicyclic) bond motifs is 2. The fraction of sp³-hybridized carbons (Fsp3) is 0.192. The molecule has 1 N–H and O–H groups in total. The minimum absolute atomic E-state index is 0.103. The number of aromatic amines is 1. The number of H-pyrrole nitrogens is 1. The van der Waals surface area contributed by atoms with Gasteiger partial charge in [-0.1, -0.05) is 36.4 Å². The molecule has 3 aromatic carbocycles. The van der Waals surface area contributed by atoms with Crippen molar-refractivity contribution in [3.8, 4) is 0 Å². The third-order valence-corrected chi connectivity index (χ3v) is 8.09. The van der Waals surface area contributed by atoms with Crippen LogP contribution < -0.4 is 5.56 Å². The number of sulfonamides is 1. The first kappa shape index (κ1) is 22.9. The summed E-state index contributed by atoms with van der Waals surface area (Å²) in [6, 6.07) is 20.8. The van der Waals surface area contributed by atoms with Crippen LogP contribution in [0.25, 0.3) is 10.9 Å². The summed E-state index contributed by atoms with van der Waals surface area (Å²) in [5.74, 6) is 0.0609. The fourth-order valence-corrected chi connectivity index (χ4v) is 5.74. The van der Waals surface area contributed by atoms with Gasteiger partial charge in [-0.05, 0) is 53.9 Å². The third kappa shape index (κ3) is 4.48. The van der Waals surface area contributed by atoms with Crippen molar-refractivity contribution in [3.05, 3.63) is 106 Å². The maximum Gasteiger partial charge on any atom is 0.258 e. The molecule has 9 heteroatoms. The van der Waals surface area contributed by atoms with Crippen molar-refractivity contribution in [1.82, 2.24) is 19.2 Å². The van der Waals surface area contributed by atoms with Crippen LogP contribution in [0.1, 0.15) is 27.3 Å². The van der Waals surface area contributed by atoms with Crippen molar-refractivity contribution in [3.63, 3.8) is 0 Å². The van der Waals surface area contributed by atoms with E-state index >= 15 is 0 Å². The normalized spacial score (nSPS) is 14.0. The molecule has 0 saturated heterocycles. The summed E-state index contributed by atoms with van der Waals surface area (Å²) in [5.41, 5.74) is 2.82. The number of hydrogen-bond donors (Lipinski definition) is 1. The maximum absolute atomic E-state index is 13.2. The van der Waals surface area contributed by atoms with E-state index in [1.807, 2.05) is 24.3 Å². The Bertz CT molecular complexity index is 1580. The molecule has 0 spiro atoms. The van der Waals surface area contributed by atoms with E-state index < -0.39 is 10.0 Å². The van der Waals surface area contributed by atoms with Gasteiger partial charge in [0.2, 0.25) is 10.0 Å². The zero-order valence-corrected chi connectivity index (χ0v) is 20.0. The Balaban J connectivity index is 1.31. The molecule has 35 heavy (non-hydrogen) atoms. The van der Waals surface area contributed by atoms with Gasteiger partial charge in [-0.15, -0.1) is 0 Å². The molecule has 0 radical (unpaired) electrons. The largest absolute Gasteiger partial charge is 0.334 e. The first-order valence-electron chi connectivity index (χ1n) is 11.2. The molecule has 0 aliphatic carbocycles. The van der Waals surface area contributed by atoms with Crippen LogP contribution in [0.3, 0.4) is 0 Å². The minimum atomic E-state index is -3.68. The van der Waals surface area contributed by atoms with Crippen molar-refractivity contribution < 1.29 is 13.2 Å². The number of hydrogen-bond acceptors (Lipinski definition) is 5. The Morgan fingerprint density at radius 1 is 1.00 bits per heavy atom. The number of carbonyl (C=O) groups is 1. The van der Waals surface area contributed by atoms with Gasteiger partial charge in [0.1, 0.15) is 5.82 Å². The molecule has 0 bridgehead atoms. The van der Waals surface area contributed by atoms with E-state index in [9.17, 15) is 18.0 Å². The van der Waals surface area contributed by atoms with Crippen LogP contribution in [0.15, 0.2) is 82.5 Å². The van der Waals surface area contributed by atoms with Crippen molar-refractivity contribution in [2.45, 2.75) is 24.4 Å². The number of aromatic nitrogens is 2. The molecular formula is C26H24N4O4S. The fourth-order valence-electron chi connectivity index (χ4n) is 4.32. The van der Waals surface area contributed by atoms with E-state index in [2.05, 4.69) is 9.97 Å². The number of para-hydroxylation sites is 1. The predicted molar refractivity (Wildman–Crippen MR) is 132 cm³/mol. The van der Waals surface area contributed by atoms with E-state index in [0.29, 0.717) is 41.8 Å². The number of benzene rings is 3. The molecule has 0 saturated carbocycles. The van der Waals surface area contributed by atoms with Gasteiger partial charge in [0.15, 0.2) is 0 Å². The summed E-state index contributed by atoms with van der Waals surface area (Å²) in [5, 5.41) is 0.485. The topological polar surface area (TPSA) is 103 Å². The molecule has 8 nitrogen and oxygen atoms in total. The van der Waals surface area contributed by atoms with Crippen LogP contribution in [0.5, 0.6) is 0 Å². The van der Waals surface area contributed by atoms with Crippen LogP contribution >= 0.6 is 0 Å². The van der Waals surface area contributed by atoms with E-state index in [-0.39, 0.29) is 22.9 Å². The molecule has 5 rings (SSSR count). The van der Waals surface area contributed by atoms with Crippen LogP contribution in [0.4, 0.5) is 0 Å². The second-order valence-electron chi connectivity index (χ2n) is 8.57. The molecule has 1 amide bonds. The van der Waals surface area contributed by atoms with Gasteiger partial charge >= 0.3 is 0 Å². The zero-order chi connectivity index (χ0) is 24.6. The molecule has 0 unspecified atom stereocenters. The lowest BCUT2D eigenvalue weighted by molar-refractivity contribution is 0.0781. The van der Waals surface area contributed by atoms with Crippen molar-refractivity contribution in [2.75, 3.05) is 13.6 Å². The van der Waals surface area contributed by atoms with Gasteiger partial charge in [-0.3, -0.25) is 9.59 Å². The highest BCUT2D eigenvalue weighted by Crippen LogP contribution is 2.25. The SMILES string of the molecule is CN(Cc1nc2ccccc2c(=O)[nH]1)C(=O)c1ccc(S(=O)(=O)N2CCc3ccccc3C2)cc1. The van der Waals surface area contributed by atoms with Crippen molar-refractivity contribution in [2.24, 2.45) is 0 Å². The lowest BCUT2D eigenvalue weighted by Crippen LogP contribution is -2.36. The monoisotopic (exact) mass is 488 g/mol. The first-order valence-corrected chi connectivity index (χ1v) is 12.7. The highest BCUT2D eigenvalue weighted by Gasteiger charge is 2.28. The Morgan fingerprint density at radius 2 is 1.69 bits per heavy atom. The van der Waals surface area contributed by atoms with Crippen LogP contribution in [-0.2, 0) is 29.5 Å². The number of amides is 1. The lowest BCUT2D eigenvalue weighted by Gasteiger charge is -2.28. The smallest absolute Gasteiger partial charge is 0.258 e. The summed E-state index contributed by atoms with van der Waals surface area (Å²) in [6.07, 6.45) is 0.668. The van der Waals surface area contributed by atoms with E-state index in [1.54, 1.807) is 31.3 Å². The number of rotatable bonds is 5. The summed E-state index contributed by atoms with van der Waals surface area (Å²) >= 11 is 0. The lowest BCUT2D eigenvalue weighted by atomic mass is 10.0. The molecule has 0 atom stereocenters. The summed E-state index contributed by atoms with van der Waals surface area (Å²) < 4.78 is 27.8. The molecule has 0 fully saturated rings. The standard InChI is InChI=1S/C26H24N4O4S/c1-29(17-24-27-23-9-5-4-8-22(23)25(31)28-24)26(32)19-10-12-21(13-11-19)35(33,34)30-15-14-18-6-2-3-7-20(18)16-30/h2-13H,14-17H2,1H3,(H,27,28,31). The number of nitrogens with one attached hydrogen (secondary N) is 1. The van der Waals surface area contributed by atoms with Gasteiger partial charge in [0, 0.05) is 25.7 Å². The maximum atomic E-state index is 13.2. The Morgan fingerprint density at radius 3 is 2.46 bits per heavy atom. The molecule has 1 aromatic heterocycles. The van der Waals surface area contributed by atoms with Gasteiger partial charge < -0.3 is 9.88 Å².